The number of nitrogens with zero attached hydrogens (tertiary/aromatic N) is 3. The van der Waals surface area contributed by atoms with Gasteiger partial charge in [-0.25, -0.2) is 8.42 Å². The maximum absolute atomic E-state index is 13.5. The van der Waals surface area contributed by atoms with Gasteiger partial charge in [0.25, 0.3) is 10.0 Å². The Morgan fingerprint density at radius 2 is 1.39 bits per heavy atom. The number of anilines is 1. The molecule has 0 unspecified atom stereocenters. The summed E-state index contributed by atoms with van der Waals surface area (Å²) in [7, 11) is -0.769. The van der Waals surface area contributed by atoms with Crippen molar-refractivity contribution in [1.29, 1.82) is 0 Å². The molecule has 0 amide bonds. The first-order chi connectivity index (χ1) is 15.9. The van der Waals surface area contributed by atoms with Gasteiger partial charge in [-0.1, -0.05) is 17.7 Å². The Bertz CT molecular complexity index is 1320. The minimum Gasteiger partial charge on any atom is -0.497 e. The maximum Gasteiger partial charge on any atom is 0.264 e. The van der Waals surface area contributed by atoms with E-state index in [2.05, 4.69) is 10.2 Å². The van der Waals surface area contributed by atoms with Crippen LogP contribution in [0.4, 0.5) is 5.69 Å². The molecule has 9 heteroatoms. The maximum atomic E-state index is 13.5. The van der Waals surface area contributed by atoms with E-state index in [4.69, 9.17) is 13.9 Å². The number of aryl methyl sites for hydroxylation is 1. The molecule has 0 N–H and O–H groups in total. The molecule has 0 bridgehead atoms. The van der Waals surface area contributed by atoms with E-state index in [0.717, 1.165) is 5.56 Å². The summed E-state index contributed by atoms with van der Waals surface area (Å²) < 4.78 is 44.5. The first-order valence-corrected chi connectivity index (χ1v) is 11.5. The molecule has 1 aromatic heterocycles. The second-order valence-electron chi connectivity index (χ2n) is 7.25. The molecule has 4 aromatic rings. The van der Waals surface area contributed by atoms with Gasteiger partial charge in [0.2, 0.25) is 11.8 Å². The number of benzene rings is 3. The van der Waals surface area contributed by atoms with Crippen LogP contribution in [-0.2, 0) is 16.6 Å². The van der Waals surface area contributed by atoms with Gasteiger partial charge in [-0.05, 0) is 67.6 Å². The van der Waals surface area contributed by atoms with Gasteiger partial charge >= 0.3 is 0 Å². The number of ether oxygens (including phenoxy) is 2. The first kappa shape index (κ1) is 22.3. The number of methoxy groups -OCH3 is 2. The lowest BCUT2D eigenvalue weighted by molar-refractivity contribution is 0.414. The van der Waals surface area contributed by atoms with Gasteiger partial charge in [-0.3, -0.25) is 4.31 Å². The van der Waals surface area contributed by atoms with Gasteiger partial charge in [0.15, 0.2) is 0 Å². The highest BCUT2D eigenvalue weighted by Gasteiger charge is 2.27. The van der Waals surface area contributed by atoms with Crippen molar-refractivity contribution in [2.75, 3.05) is 18.5 Å². The van der Waals surface area contributed by atoms with E-state index in [-0.39, 0.29) is 23.2 Å². The minimum atomic E-state index is -3.90. The number of hydrogen-bond donors (Lipinski definition) is 0. The molecule has 0 saturated carbocycles. The Balaban J connectivity index is 1.69. The Morgan fingerprint density at radius 3 is 1.97 bits per heavy atom. The van der Waals surface area contributed by atoms with E-state index >= 15 is 0 Å². The van der Waals surface area contributed by atoms with Crippen LogP contribution in [0.15, 0.2) is 82.1 Å². The van der Waals surface area contributed by atoms with Crippen molar-refractivity contribution < 1.29 is 22.3 Å². The highest BCUT2D eigenvalue weighted by atomic mass is 32.2. The third-order valence-corrected chi connectivity index (χ3v) is 6.84. The van der Waals surface area contributed by atoms with Crippen LogP contribution in [0.1, 0.15) is 11.5 Å². The third kappa shape index (κ3) is 4.83. The van der Waals surface area contributed by atoms with E-state index in [1.807, 2.05) is 6.92 Å². The fourth-order valence-corrected chi connectivity index (χ4v) is 4.61. The van der Waals surface area contributed by atoms with Gasteiger partial charge in [-0.15, -0.1) is 10.2 Å². The summed E-state index contributed by atoms with van der Waals surface area (Å²) in [5.41, 5.74) is 2.11. The van der Waals surface area contributed by atoms with Gasteiger partial charge in [0, 0.05) is 5.56 Å². The molecule has 0 spiro atoms. The first-order valence-electron chi connectivity index (χ1n) is 10.1. The lowest BCUT2D eigenvalue weighted by Gasteiger charge is -2.23. The summed E-state index contributed by atoms with van der Waals surface area (Å²) in [4.78, 5) is 0.166. The molecule has 3 aromatic carbocycles. The average molecular weight is 466 g/mol. The molecule has 8 nitrogen and oxygen atoms in total. The zero-order chi connectivity index (χ0) is 23.4. The van der Waals surface area contributed by atoms with Crippen molar-refractivity contribution in [1.82, 2.24) is 10.2 Å². The summed E-state index contributed by atoms with van der Waals surface area (Å²) >= 11 is 0. The lowest BCUT2D eigenvalue weighted by atomic mass is 10.2. The van der Waals surface area contributed by atoms with Crippen molar-refractivity contribution in [2.45, 2.75) is 18.4 Å². The highest BCUT2D eigenvalue weighted by molar-refractivity contribution is 7.92. The molecule has 0 radical (unpaired) electrons. The molecule has 170 valence electrons. The Hall–Kier alpha value is -3.85. The molecule has 0 fully saturated rings. The van der Waals surface area contributed by atoms with Crippen LogP contribution >= 0.6 is 0 Å². The Labute approximate surface area is 192 Å². The molecule has 1 heterocycles. The summed E-state index contributed by atoms with van der Waals surface area (Å²) in [5, 5.41) is 8.16. The fraction of sp³-hybridized carbons (Fsp3) is 0.167. The van der Waals surface area contributed by atoms with Crippen LogP contribution < -0.4 is 13.8 Å². The van der Waals surface area contributed by atoms with Crippen LogP contribution in [0, 0.1) is 6.92 Å². The molecule has 0 atom stereocenters. The molecular weight excluding hydrogens is 442 g/mol. The Morgan fingerprint density at radius 1 is 0.818 bits per heavy atom. The van der Waals surface area contributed by atoms with E-state index in [1.54, 1.807) is 87.0 Å². The Kier molecular flexibility index (Phi) is 6.32. The van der Waals surface area contributed by atoms with Crippen LogP contribution in [-0.4, -0.2) is 32.8 Å². The second-order valence-corrected chi connectivity index (χ2v) is 9.11. The summed E-state index contributed by atoms with van der Waals surface area (Å²) in [6.45, 7) is 1.77. The third-order valence-electron chi connectivity index (χ3n) is 5.05. The van der Waals surface area contributed by atoms with E-state index < -0.39 is 10.0 Å². The van der Waals surface area contributed by atoms with Crippen molar-refractivity contribution >= 4 is 15.7 Å². The SMILES string of the molecule is COc1ccc(-c2nnc(CN(c3ccc(OC)cc3)S(=O)(=O)c3ccc(C)cc3)o2)cc1. The molecule has 0 saturated heterocycles. The zero-order valence-electron chi connectivity index (χ0n) is 18.4. The molecule has 4 rings (SSSR count). The smallest absolute Gasteiger partial charge is 0.264 e. The molecule has 33 heavy (non-hydrogen) atoms. The quantitative estimate of drug-likeness (QED) is 0.379. The van der Waals surface area contributed by atoms with E-state index in [0.29, 0.717) is 22.7 Å². The van der Waals surface area contributed by atoms with Crippen LogP contribution in [0.2, 0.25) is 0 Å². The predicted octanol–water partition coefficient (Wildman–Crippen LogP) is 4.46. The molecule has 0 aliphatic carbocycles. The van der Waals surface area contributed by atoms with Crippen LogP contribution in [0.3, 0.4) is 0 Å². The van der Waals surface area contributed by atoms with Gasteiger partial charge in [0.05, 0.1) is 24.8 Å². The number of rotatable bonds is 8. The fourth-order valence-electron chi connectivity index (χ4n) is 3.19. The van der Waals surface area contributed by atoms with Crippen molar-refractivity contribution in [2.24, 2.45) is 0 Å². The number of aromatic nitrogens is 2. The van der Waals surface area contributed by atoms with Gasteiger partial charge in [-0.2, -0.15) is 0 Å². The van der Waals surface area contributed by atoms with Crippen molar-refractivity contribution in [3.8, 4) is 23.0 Å². The van der Waals surface area contributed by atoms with E-state index in [9.17, 15) is 8.42 Å². The van der Waals surface area contributed by atoms with Gasteiger partial charge in [0.1, 0.15) is 18.0 Å². The highest BCUT2D eigenvalue weighted by Crippen LogP contribution is 2.29. The predicted molar refractivity (Wildman–Crippen MR) is 124 cm³/mol. The average Bonchev–Trinajstić information content (AvgIpc) is 3.32. The van der Waals surface area contributed by atoms with E-state index in [1.165, 1.54) is 4.31 Å². The summed E-state index contributed by atoms with van der Waals surface area (Å²) in [5.74, 6) is 1.77. The second kappa shape index (κ2) is 9.33. The van der Waals surface area contributed by atoms with Crippen molar-refractivity contribution in [3.05, 3.63) is 84.3 Å². The standard InChI is InChI=1S/C24H23N3O5S/c1-17-4-14-22(15-5-17)33(28,29)27(19-8-12-21(31-3)13-9-19)16-23-25-26-24(32-23)18-6-10-20(30-2)11-7-18/h4-15H,16H2,1-3H3. The van der Waals surface area contributed by atoms with Crippen molar-refractivity contribution in [3.63, 3.8) is 0 Å². The number of hydrogen-bond acceptors (Lipinski definition) is 7. The largest absolute Gasteiger partial charge is 0.497 e. The summed E-state index contributed by atoms with van der Waals surface area (Å²) in [6, 6.07) is 20.6. The monoisotopic (exact) mass is 465 g/mol. The zero-order valence-corrected chi connectivity index (χ0v) is 19.2. The molecular formula is C24H23N3O5S. The molecule has 0 aliphatic heterocycles. The number of sulfonamides is 1. The normalized spacial score (nSPS) is 11.2. The van der Waals surface area contributed by atoms with Gasteiger partial charge < -0.3 is 13.9 Å². The minimum absolute atomic E-state index is 0.133. The molecule has 0 aliphatic rings. The van der Waals surface area contributed by atoms with Crippen LogP contribution in [0.5, 0.6) is 11.5 Å². The summed E-state index contributed by atoms with van der Waals surface area (Å²) in [6.07, 6.45) is 0. The lowest BCUT2D eigenvalue weighted by Crippen LogP contribution is -2.30. The topological polar surface area (TPSA) is 94.8 Å². The van der Waals surface area contributed by atoms with Crippen LogP contribution in [0.25, 0.3) is 11.5 Å².